The van der Waals surface area contributed by atoms with Gasteiger partial charge in [0.2, 0.25) is 0 Å². The Morgan fingerprint density at radius 3 is 2.50 bits per heavy atom. The predicted octanol–water partition coefficient (Wildman–Crippen LogP) is 7.71. The van der Waals surface area contributed by atoms with E-state index >= 15 is 0 Å². The third-order valence-electron chi connectivity index (χ3n) is 7.85. The van der Waals surface area contributed by atoms with Crippen molar-refractivity contribution in [2.45, 2.75) is 52.6 Å². The van der Waals surface area contributed by atoms with E-state index in [1.807, 2.05) is 45.0 Å². The molecule has 8 nitrogen and oxygen atoms in total. The van der Waals surface area contributed by atoms with E-state index in [1.54, 1.807) is 11.0 Å². The summed E-state index contributed by atoms with van der Waals surface area (Å²) in [6.07, 6.45) is 1.47. The summed E-state index contributed by atoms with van der Waals surface area (Å²) in [5, 5.41) is 22.5. The normalized spacial score (nSPS) is 16.8. The van der Waals surface area contributed by atoms with Crippen LogP contribution in [0.25, 0.3) is 0 Å². The SMILES string of the molecule is Cc1cc(C)c(C2C(C#N)=C(N)N(c3ccc([N+](=O)[O-])cc3Cl)C3=C2C(=O)CCC3)cc1COc1ccc(Cl)cc1C. The summed E-state index contributed by atoms with van der Waals surface area (Å²) in [5.41, 5.74) is 12.8. The van der Waals surface area contributed by atoms with Gasteiger partial charge in [0.05, 0.1) is 33.2 Å². The monoisotopic (exact) mass is 602 g/mol. The Labute approximate surface area is 253 Å². The van der Waals surface area contributed by atoms with Crippen LogP contribution < -0.4 is 15.4 Å². The molecular formula is C32H28Cl2N4O4. The largest absolute Gasteiger partial charge is 0.489 e. The second-order valence-corrected chi connectivity index (χ2v) is 11.4. The standard InChI is InChI=1S/C32H28Cl2N4O4/c1-17-11-18(2)23(13-20(17)16-42-29-10-7-21(33)12-19(29)3)30-24(15-35)32(36)37(27-5-4-6-28(39)31(27)30)26-9-8-22(38(40)41)14-25(26)34/h7-14,30H,4-6,16,36H2,1-3H3. The highest BCUT2D eigenvalue weighted by Crippen LogP contribution is 2.48. The first kappa shape index (κ1) is 29.2. The lowest BCUT2D eigenvalue weighted by Gasteiger charge is -2.40. The summed E-state index contributed by atoms with van der Waals surface area (Å²) in [6, 6.07) is 15.8. The van der Waals surface area contributed by atoms with E-state index in [0.717, 1.165) is 27.8 Å². The number of nitrogens with two attached hydrogens (primary N) is 1. The van der Waals surface area contributed by atoms with Crippen LogP contribution in [-0.2, 0) is 11.4 Å². The molecule has 1 unspecified atom stereocenters. The molecule has 0 amide bonds. The molecule has 0 aromatic heterocycles. The molecule has 2 N–H and O–H groups in total. The molecule has 0 saturated heterocycles. The summed E-state index contributed by atoms with van der Waals surface area (Å²) < 4.78 is 6.15. The van der Waals surface area contributed by atoms with E-state index in [-0.39, 0.29) is 34.5 Å². The molecule has 3 aromatic rings. The number of nitrogens with zero attached hydrogens (tertiary/aromatic N) is 3. The van der Waals surface area contributed by atoms with Crippen LogP contribution in [0.4, 0.5) is 11.4 Å². The van der Waals surface area contributed by atoms with Gasteiger partial charge in [0, 0.05) is 34.8 Å². The number of nitro groups is 1. The highest BCUT2D eigenvalue weighted by molar-refractivity contribution is 6.33. The number of non-ortho nitro benzene ring substituents is 1. The van der Waals surface area contributed by atoms with Gasteiger partial charge in [0.1, 0.15) is 18.2 Å². The summed E-state index contributed by atoms with van der Waals surface area (Å²) in [7, 11) is 0. The number of hydrogen-bond donors (Lipinski definition) is 1. The van der Waals surface area contributed by atoms with Crippen LogP contribution in [0.5, 0.6) is 5.75 Å². The molecule has 3 aromatic carbocycles. The minimum Gasteiger partial charge on any atom is -0.489 e. The number of halogens is 2. The first-order chi connectivity index (χ1) is 20.0. The molecule has 2 aliphatic rings. The van der Waals surface area contributed by atoms with E-state index in [2.05, 4.69) is 6.07 Å². The van der Waals surface area contributed by atoms with Gasteiger partial charge in [-0.25, -0.2) is 0 Å². The maximum atomic E-state index is 13.6. The number of ether oxygens (including phenoxy) is 1. The number of nitro benzene ring substituents is 1. The number of rotatable bonds is 6. The van der Waals surface area contributed by atoms with Gasteiger partial charge >= 0.3 is 0 Å². The molecule has 0 spiro atoms. The molecule has 0 radical (unpaired) electrons. The van der Waals surface area contributed by atoms with Gasteiger partial charge in [0.15, 0.2) is 5.78 Å². The van der Waals surface area contributed by atoms with Crippen molar-refractivity contribution in [1.29, 1.82) is 5.26 Å². The second kappa shape index (κ2) is 11.5. The van der Waals surface area contributed by atoms with Crippen LogP contribution in [0.3, 0.4) is 0 Å². The molecule has 0 saturated carbocycles. The lowest BCUT2D eigenvalue weighted by molar-refractivity contribution is -0.384. The maximum absolute atomic E-state index is 13.6. The molecule has 214 valence electrons. The summed E-state index contributed by atoms with van der Waals surface area (Å²) in [5.74, 6) is 0.103. The molecule has 0 bridgehead atoms. The van der Waals surface area contributed by atoms with Crippen molar-refractivity contribution in [2.75, 3.05) is 4.90 Å². The number of aryl methyl sites for hydroxylation is 3. The first-order valence-electron chi connectivity index (χ1n) is 13.4. The summed E-state index contributed by atoms with van der Waals surface area (Å²) in [4.78, 5) is 26.0. The Morgan fingerprint density at radius 1 is 1.07 bits per heavy atom. The fourth-order valence-corrected chi connectivity index (χ4v) is 6.26. The number of anilines is 1. The highest BCUT2D eigenvalue weighted by Gasteiger charge is 2.41. The Kier molecular flexibility index (Phi) is 8.00. The molecule has 1 atom stereocenters. The van der Waals surface area contributed by atoms with Crippen molar-refractivity contribution in [1.82, 2.24) is 0 Å². The zero-order valence-electron chi connectivity index (χ0n) is 23.3. The van der Waals surface area contributed by atoms with Gasteiger partial charge in [0.25, 0.3) is 5.69 Å². The average Bonchev–Trinajstić information content (AvgIpc) is 2.93. The van der Waals surface area contributed by atoms with Crippen LogP contribution in [0.1, 0.15) is 53.0 Å². The zero-order valence-corrected chi connectivity index (χ0v) is 24.8. The van der Waals surface area contributed by atoms with Gasteiger partial charge < -0.3 is 10.5 Å². The number of carbonyl (C=O) groups is 1. The number of allylic oxidation sites excluding steroid dienone is 3. The summed E-state index contributed by atoms with van der Waals surface area (Å²) >= 11 is 12.6. The maximum Gasteiger partial charge on any atom is 0.271 e. The Balaban J connectivity index is 1.63. The Hall–Kier alpha value is -4.32. The number of nitriles is 1. The summed E-state index contributed by atoms with van der Waals surface area (Å²) in [6.45, 7) is 6.15. The molecule has 10 heteroatoms. The van der Waals surface area contributed by atoms with Crippen molar-refractivity contribution < 1.29 is 14.5 Å². The minimum absolute atomic E-state index is 0.0703. The average molecular weight is 604 g/mol. The first-order valence-corrected chi connectivity index (χ1v) is 14.2. The van der Waals surface area contributed by atoms with Gasteiger partial charge in [-0.3, -0.25) is 19.8 Å². The van der Waals surface area contributed by atoms with Gasteiger partial charge in [-0.15, -0.1) is 0 Å². The van der Waals surface area contributed by atoms with Crippen molar-refractivity contribution in [3.8, 4) is 11.8 Å². The fraction of sp³-hybridized carbons (Fsp3) is 0.250. The number of hydrogen-bond acceptors (Lipinski definition) is 7. The lowest BCUT2D eigenvalue weighted by Crippen LogP contribution is -2.39. The van der Waals surface area contributed by atoms with E-state index in [1.165, 1.54) is 18.2 Å². The van der Waals surface area contributed by atoms with E-state index in [0.29, 0.717) is 47.0 Å². The van der Waals surface area contributed by atoms with Crippen molar-refractivity contribution in [2.24, 2.45) is 5.73 Å². The number of carbonyl (C=O) groups excluding carboxylic acids is 1. The van der Waals surface area contributed by atoms with Crippen molar-refractivity contribution in [3.05, 3.63) is 119 Å². The Morgan fingerprint density at radius 2 is 1.83 bits per heavy atom. The van der Waals surface area contributed by atoms with Crippen LogP contribution >= 0.6 is 23.2 Å². The number of benzene rings is 3. The van der Waals surface area contributed by atoms with Gasteiger partial charge in [-0.1, -0.05) is 35.3 Å². The zero-order chi connectivity index (χ0) is 30.3. The van der Waals surface area contributed by atoms with Crippen LogP contribution in [0.15, 0.2) is 71.2 Å². The van der Waals surface area contributed by atoms with Crippen LogP contribution in [-0.4, -0.2) is 10.7 Å². The smallest absolute Gasteiger partial charge is 0.271 e. The van der Waals surface area contributed by atoms with E-state index < -0.39 is 10.8 Å². The van der Waals surface area contributed by atoms with E-state index in [4.69, 9.17) is 33.7 Å². The molecule has 1 heterocycles. The molecule has 0 fully saturated rings. The van der Waals surface area contributed by atoms with Gasteiger partial charge in [-0.2, -0.15) is 5.26 Å². The quantitative estimate of drug-likeness (QED) is 0.226. The second-order valence-electron chi connectivity index (χ2n) is 10.5. The van der Waals surface area contributed by atoms with Crippen LogP contribution in [0, 0.1) is 42.2 Å². The molecular weight excluding hydrogens is 575 g/mol. The molecule has 1 aliphatic carbocycles. The van der Waals surface area contributed by atoms with Crippen LogP contribution in [0.2, 0.25) is 10.0 Å². The predicted molar refractivity (Wildman–Crippen MR) is 162 cm³/mol. The molecule has 42 heavy (non-hydrogen) atoms. The third kappa shape index (κ3) is 5.22. The lowest BCUT2D eigenvalue weighted by atomic mass is 9.74. The Bertz CT molecular complexity index is 1760. The number of ketones is 1. The molecule has 5 rings (SSSR count). The molecule has 1 aliphatic heterocycles. The van der Waals surface area contributed by atoms with Crippen molar-refractivity contribution in [3.63, 3.8) is 0 Å². The fourth-order valence-electron chi connectivity index (χ4n) is 5.78. The van der Waals surface area contributed by atoms with Gasteiger partial charge in [-0.05, 0) is 85.7 Å². The third-order valence-corrected chi connectivity index (χ3v) is 8.39. The number of Topliss-reactive ketones (excluding diaryl/α,β-unsaturated/α-hetero) is 1. The minimum atomic E-state index is -0.678. The highest BCUT2D eigenvalue weighted by atomic mass is 35.5. The topological polar surface area (TPSA) is 122 Å². The van der Waals surface area contributed by atoms with E-state index in [9.17, 15) is 20.2 Å². The van der Waals surface area contributed by atoms with Crippen molar-refractivity contribution >= 4 is 40.4 Å².